The van der Waals surface area contributed by atoms with Crippen molar-refractivity contribution in [3.05, 3.63) is 41.2 Å². The Labute approximate surface area is 228 Å². The van der Waals surface area contributed by atoms with Gasteiger partial charge in [-0.15, -0.1) is 0 Å². The van der Waals surface area contributed by atoms with Gasteiger partial charge in [-0.05, 0) is 64.1 Å². The molecule has 0 unspecified atom stereocenters. The average Bonchev–Trinajstić information content (AvgIpc) is 2.92. The van der Waals surface area contributed by atoms with Crippen molar-refractivity contribution >= 4 is 6.09 Å². The van der Waals surface area contributed by atoms with Crippen LogP contribution >= 0.6 is 0 Å². The zero-order valence-electron chi connectivity index (χ0n) is 22.9. The van der Waals surface area contributed by atoms with Crippen LogP contribution in [0, 0.1) is 24.5 Å². The number of likely N-dealkylation sites (tertiary alicyclic amines) is 2. The van der Waals surface area contributed by atoms with E-state index in [0.717, 1.165) is 32.0 Å². The highest BCUT2D eigenvalue weighted by Gasteiger charge is 2.27. The number of amides is 1. The minimum atomic E-state index is -0.681. The van der Waals surface area contributed by atoms with Crippen LogP contribution in [0.2, 0.25) is 0 Å². The molecule has 2 aliphatic rings. The minimum Gasteiger partial charge on any atom is -0.474 e. The lowest BCUT2D eigenvalue weighted by Crippen LogP contribution is -2.42. The second kappa shape index (κ2) is 13.3. The van der Waals surface area contributed by atoms with Gasteiger partial charge in [0.15, 0.2) is 11.6 Å². The second-order valence-corrected chi connectivity index (χ2v) is 10.6. The van der Waals surface area contributed by atoms with Gasteiger partial charge in [-0.25, -0.2) is 23.5 Å². The lowest BCUT2D eigenvalue weighted by molar-refractivity contribution is 0.0505. The number of benzene rings is 1. The second-order valence-electron chi connectivity index (χ2n) is 10.6. The maximum absolute atomic E-state index is 14.9. The molecule has 2 fully saturated rings. The predicted molar refractivity (Wildman–Crippen MR) is 140 cm³/mol. The molecule has 0 aliphatic carbocycles. The fourth-order valence-electron chi connectivity index (χ4n) is 4.96. The quantitative estimate of drug-likeness (QED) is 0.490. The van der Waals surface area contributed by atoms with E-state index in [2.05, 4.69) is 14.9 Å². The van der Waals surface area contributed by atoms with Gasteiger partial charge in [0.25, 0.3) is 0 Å². The lowest BCUT2D eigenvalue weighted by atomic mass is 9.98. The van der Waals surface area contributed by atoms with Gasteiger partial charge in [0, 0.05) is 51.7 Å². The molecule has 39 heavy (non-hydrogen) atoms. The van der Waals surface area contributed by atoms with Gasteiger partial charge in [0.1, 0.15) is 18.2 Å². The first-order valence-corrected chi connectivity index (χ1v) is 13.7. The van der Waals surface area contributed by atoms with Crippen molar-refractivity contribution in [2.75, 3.05) is 39.3 Å². The molecule has 9 nitrogen and oxygen atoms in total. The van der Waals surface area contributed by atoms with Crippen LogP contribution < -0.4 is 9.47 Å². The number of halogens is 2. The number of nitrogens with zero attached hydrogens (tertiary/aromatic N) is 4. The Hall–Kier alpha value is -3.05. The molecule has 1 N–H and O–H groups in total. The van der Waals surface area contributed by atoms with Crippen molar-refractivity contribution in [2.45, 2.75) is 65.1 Å². The number of aliphatic hydroxyl groups is 1. The Morgan fingerprint density at radius 1 is 1.10 bits per heavy atom. The summed E-state index contributed by atoms with van der Waals surface area (Å²) in [7, 11) is 0. The molecule has 4 rings (SSSR count). The maximum Gasteiger partial charge on any atom is 0.410 e. The van der Waals surface area contributed by atoms with Gasteiger partial charge >= 0.3 is 6.09 Å². The third-order valence-corrected chi connectivity index (χ3v) is 7.17. The number of carbonyl (C=O) groups excluding carboxylic acids is 1. The topological polar surface area (TPSA) is 97.3 Å². The standard InChI is InChI=1S/C28H38F2N4O5/c1-18(2)37-28(36)34-11-7-22(8-12-34)38-26-19(3)27(32-17-31-26)39-25-14-23(29)21(13-24(25)30)6-10-33-9-4-5-20(15-33)16-35/h13-14,17-18,20,22,35H,4-12,15-16H2,1-3H3/t20-/m1/s1. The number of carbonyl (C=O) groups is 1. The van der Waals surface area contributed by atoms with Crippen LogP contribution in [0.5, 0.6) is 17.5 Å². The molecule has 1 aromatic carbocycles. The smallest absolute Gasteiger partial charge is 0.410 e. The highest BCUT2D eigenvalue weighted by molar-refractivity contribution is 5.67. The first-order chi connectivity index (χ1) is 18.7. The van der Waals surface area contributed by atoms with Gasteiger partial charge in [0.2, 0.25) is 11.8 Å². The lowest BCUT2D eigenvalue weighted by Gasteiger charge is -2.32. The molecule has 1 atom stereocenters. The zero-order valence-corrected chi connectivity index (χ0v) is 22.9. The van der Waals surface area contributed by atoms with Crippen LogP contribution in [0.25, 0.3) is 0 Å². The Kier molecular flexibility index (Phi) is 9.90. The summed E-state index contributed by atoms with van der Waals surface area (Å²) in [6.07, 6.45) is 4.13. The number of ether oxygens (including phenoxy) is 3. The Bertz CT molecular complexity index is 1130. The van der Waals surface area contributed by atoms with Crippen molar-refractivity contribution in [2.24, 2.45) is 5.92 Å². The van der Waals surface area contributed by atoms with E-state index >= 15 is 0 Å². The summed E-state index contributed by atoms with van der Waals surface area (Å²) in [4.78, 5) is 24.2. The van der Waals surface area contributed by atoms with Crippen molar-refractivity contribution < 1.29 is 32.9 Å². The Morgan fingerprint density at radius 2 is 1.85 bits per heavy atom. The largest absolute Gasteiger partial charge is 0.474 e. The van der Waals surface area contributed by atoms with E-state index in [1.54, 1.807) is 11.8 Å². The molecule has 0 spiro atoms. The van der Waals surface area contributed by atoms with Gasteiger partial charge in [-0.2, -0.15) is 0 Å². The number of aliphatic hydroxyl groups excluding tert-OH is 1. The molecule has 1 aromatic heterocycles. The molecular formula is C28H38F2N4O5. The SMILES string of the molecule is Cc1c(Oc2cc(F)c(CCN3CCC[C@@H](CO)C3)cc2F)ncnc1OC1CCN(C(=O)OC(C)C)CC1. The number of hydrogen-bond acceptors (Lipinski definition) is 8. The summed E-state index contributed by atoms with van der Waals surface area (Å²) in [5, 5.41) is 9.41. The summed E-state index contributed by atoms with van der Waals surface area (Å²) in [5.74, 6) is -0.884. The van der Waals surface area contributed by atoms with Crippen LogP contribution in [0.15, 0.2) is 18.5 Å². The molecule has 2 aliphatic heterocycles. The highest BCUT2D eigenvalue weighted by Crippen LogP contribution is 2.32. The molecule has 0 radical (unpaired) electrons. The van der Waals surface area contributed by atoms with E-state index in [1.807, 2.05) is 13.8 Å². The Morgan fingerprint density at radius 3 is 2.56 bits per heavy atom. The summed E-state index contributed by atoms with van der Waals surface area (Å²) in [6.45, 7) is 8.72. The fourth-order valence-corrected chi connectivity index (χ4v) is 4.96. The number of aromatic nitrogens is 2. The third kappa shape index (κ3) is 7.76. The van der Waals surface area contributed by atoms with Crippen molar-refractivity contribution in [1.82, 2.24) is 19.8 Å². The summed E-state index contributed by atoms with van der Waals surface area (Å²) in [6, 6.07) is 2.22. The number of piperidine rings is 2. The van der Waals surface area contributed by atoms with E-state index in [4.69, 9.17) is 14.2 Å². The molecule has 3 heterocycles. The molecule has 2 aromatic rings. The normalized spacial score (nSPS) is 18.8. The molecule has 214 valence electrons. The first-order valence-electron chi connectivity index (χ1n) is 13.7. The monoisotopic (exact) mass is 548 g/mol. The number of rotatable bonds is 9. The third-order valence-electron chi connectivity index (χ3n) is 7.17. The minimum absolute atomic E-state index is 0.0763. The van der Waals surface area contributed by atoms with Crippen molar-refractivity contribution in [3.63, 3.8) is 0 Å². The van der Waals surface area contributed by atoms with E-state index < -0.39 is 11.6 Å². The highest BCUT2D eigenvalue weighted by atomic mass is 19.1. The van der Waals surface area contributed by atoms with E-state index in [0.29, 0.717) is 50.3 Å². The molecule has 0 saturated carbocycles. The van der Waals surface area contributed by atoms with Gasteiger partial charge in [0.05, 0.1) is 11.7 Å². The van der Waals surface area contributed by atoms with E-state index in [1.165, 1.54) is 12.4 Å². The van der Waals surface area contributed by atoms with Crippen LogP contribution in [-0.2, 0) is 11.2 Å². The van der Waals surface area contributed by atoms with Crippen LogP contribution in [0.4, 0.5) is 13.6 Å². The summed E-state index contributed by atoms with van der Waals surface area (Å²) in [5.41, 5.74) is 0.740. The average molecular weight is 549 g/mol. The Balaban J connectivity index is 1.35. The molecule has 2 saturated heterocycles. The van der Waals surface area contributed by atoms with Crippen molar-refractivity contribution in [1.29, 1.82) is 0 Å². The van der Waals surface area contributed by atoms with Gasteiger partial charge in [-0.3, -0.25) is 0 Å². The van der Waals surface area contributed by atoms with Crippen molar-refractivity contribution in [3.8, 4) is 17.5 Å². The number of hydrogen-bond donors (Lipinski definition) is 1. The molecule has 11 heteroatoms. The summed E-state index contributed by atoms with van der Waals surface area (Å²) >= 11 is 0. The van der Waals surface area contributed by atoms with Gasteiger partial charge in [-0.1, -0.05) is 0 Å². The molecule has 1 amide bonds. The summed E-state index contributed by atoms with van der Waals surface area (Å²) < 4.78 is 46.8. The molecular weight excluding hydrogens is 510 g/mol. The van der Waals surface area contributed by atoms with Crippen LogP contribution in [-0.4, -0.2) is 82.5 Å². The van der Waals surface area contributed by atoms with Crippen LogP contribution in [0.3, 0.4) is 0 Å². The maximum atomic E-state index is 14.9. The van der Waals surface area contributed by atoms with E-state index in [-0.39, 0.29) is 48.0 Å². The van der Waals surface area contributed by atoms with Gasteiger partial charge < -0.3 is 29.1 Å². The van der Waals surface area contributed by atoms with E-state index in [9.17, 15) is 18.7 Å². The first kappa shape index (κ1) is 28.9. The van der Waals surface area contributed by atoms with Crippen LogP contribution in [0.1, 0.15) is 50.7 Å². The zero-order chi connectivity index (χ0) is 27.9. The molecule has 0 bridgehead atoms. The fraction of sp³-hybridized carbons (Fsp3) is 0.607. The predicted octanol–water partition coefficient (Wildman–Crippen LogP) is 4.49.